The highest BCUT2D eigenvalue weighted by molar-refractivity contribution is 6.34. The summed E-state index contributed by atoms with van der Waals surface area (Å²) in [6.45, 7) is 8.16. The largest absolute Gasteiger partial charge is 0.394 e. The molecule has 3 amide bonds. The van der Waals surface area contributed by atoms with E-state index >= 15 is 0 Å². The summed E-state index contributed by atoms with van der Waals surface area (Å²) in [5.41, 5.74) is 1.09. The Morgan fingerprint density at radius 1 is 0.957 bits per heavy atom. The molecule has 2 unspecified atom stereocenters. The van der Waals surface area contributed by atoms with E-state index in [0.29, 0.717) is 43.1 Å². The van der Waals surface area contributed by atoms with E-state index in [1.165, 1.54) is 9.80 Å². The van der Waals surface area contributed by atoms with Gasteiger partial charge in [-0.2, -0.15) is 0 Å². The van der Waals surface area contributed by atoms with Crippen LogP contribution in [0.25, 0.3) is 0 Å². The average molecular weight is 654 g/mol. The number of carbonyl (C=O) groups excluding carboxylic acids is 3. The van der Waals surface area contributed by atoms with Crippen molar-refractivity contribution in [3.63, 3.8) is 0 Å². The third-order valence-electron chi connectivity index (χ3n) is 9.77. The van der Waals surface area contributed by atoms with Crippen molar-refractivity contribution >= 4 is 35.0 Å². The lowest BCUT2D eigenvalue weighted by molar-refractivity contribution is -0.147. The second kappa shape index (κ2) is 13.9. The minimum atomic E-state index is -1.25. The summed E-state index contributed by atoms with van der Waals surface area (Å²) < 4.78 is 6.75. The number of rotatable bonds is 13. The normalized spacial score (nSPS) is 24.9. The molecule has 3 aromatic rings. The van der Waals surface area contributed by atoms with Crippen LogP contribution in [0.3, 0.4) is 0 Å². The number of aliphatic hydroxyl groups excluding tert-OH is 1. The van der Waals surface area contributed by atoms with Crippen LogP contribution < -0.4 is 4.90 Å². The minimum Gasteiger partial charge on any atom is -0.394 e. The van der Waals surface area contributed by atoms with E-state index < -0.39 is 35.6 Å². The number of likely N-dealkylation sites (tertiary alicyclic amines) is 1. The number of hydrogen-bond donors (Lipinski definition) is 1. The molecule has 3 heterocycles. The zero-order valence-electron chi connectivity index (χ0n) is 26.3. The molecule has 6 rings (SSSR count). The lowest BCUT2D eigenvalue weighted by atomic mass is 9.70. The molecule has 0 aliphatic carbocycles. The van der Waals surface area contributed by atoms with Gasteiger partial charge in [-0.3, -0.25) is 14.4 Å². The van der Waals surface area contributed by atoms with Crippen LogP contribution in [0.2, 0.25) is 5.02 Å². The molecule has 3 saturated heterocycles. The number of anilines is 1. The van der Waals surface area contributed by atoms with E-state index in [0.717, 1.165) is 11.1 Å². The van der Waals surface area contributed by atoms with Crippen molar-refractivity contribution in [3.8, 4) is 0 Å². The summed E-state index contributed by atoms with van der Waals surface area (Å²) >= 11 is 6.61. The molecule has 0 saturated carbocycles. The first kappa shape index (κ1) is 32.7. The highest BCUT2D eigenvalue weighted by Gasteiger charge is 2.75. The van der Waals surface area contributed by atoms with Crippen molar-refractivity contribution < 1.29 is 24.2 Å². The standard InChI is InChI=1S/C38H40ClN3O5/c1-3-21-40(24-27-15-9-6-10-16-27)35(44)32-31-19-20-38(47-31)33(32)36(45)42(28(25-43)23-26-13-7-5-8-14-26)34(38)37(46)41(22-4-2)30-18-12-11-17-29(30)39/h3-18,28,31-34,43H,1-2,19-25H2/t28-,31+,32-,33+,34?,38?/m1/s1. The minimum absolute atomic E-state index is 0.139. The van der Waals surface area contributed by atoms with Gasteiger partial charge >= 0.3 is 0 Å². The Kier molecular flexibility index (Phi) is 9.64. The van der Waals surface area contributed by atoms with E-state index in [1.807, 2.05) is 60.7 Å². The fourth-order valence-electron chi connectivity index (χ4n) is 7.84. The first-order valence-corrected chi connectivity index (χ1v) is 16.5. The van der Waals surface area contributed by atoms with Crippen LogP contribution >= 0.6 is 11.6 Å². The van der Waals surface area contributed by atoms with E-state index in [4.69, 9.17) is 16.3 Å². The Labute approximate surface area is 280 Å². The van der Waals surface area contributed by atoms with E-state index in [9.17, 15) is 19.5 Å². The number of nitrogens with zero attached hydrogens (tertiary/aromatic N) is 3. The maximum Gasteiger partial charge on any atom is 0.253 e. The van der Waals surface area contributed by atoms with Gasteiger partial charge in [0.25, 0.3) is 5.91 Å². The summed E-state index contributed by atoms with van der Waals surface area (Å²) in [6, 6.07) is 24.4. The maximum atomic E-state index is 15.0. The smallest absolute Gasteiger partial charge is 0.253 e. The third kappa shape index (κ3) is 5.90. The van der Waals surface area contributed by atoms with Crippen LogP contribution in [0, 0.1) is 11.8 Å². The Hall–Kier alpha value is -4.24. The molecule has 1 spiro atoms. The molecular formula is C38H40ClN3O5. The van der Waals surface area contributed by atoms with Crippen molar-refractivity contribution in [2.45, 2.75) is 49.6 Å². The Bertz CT molecular complexity index is 1630. The molecule has 3 fully saturated rings. The molecule has 1 N–H and O–H groups in total. The molecule has 9 heteroatoms. The summed E-state index contributed by atoms with van der Waals surface area (Å²) in [6.07, 6.45) is 4.05. The topological polar surface area (TPSA) is 90.4 Å². The number of carbonyl (C=O) groups is 3. The molecule has 3 aliphatic rings. The summed E-state index contributed by atoms with van der Waals surface area (Å²) in [7, 11) is 0. The lowest BCUT2D eigenvalue weighted by Gasteiger charge is -2.39. The number of ether oxygens (including phenoxy) is 1. The van der Waals surface area contributed by atoms with Crippen LogP contribution in [0.4, 0.5) is 5.69 Å². The number of aliphatic hydroxyl groups is 1. The van der Waals surface area contributed by atoms with E-state index in [1.54, 1.807) is 41.3 Å². The molecule has 0 aromatic heterocycles. The predicted molar refractivity (Wildman–Crippen MR) is 182 cm³/mol. The fraction of sp³-hybridized carbons (Fsp3) is 0.342. The first-order chi connectivity index (χ1) is 22.8. The molecule has 244 valence electrons. The second-order valence-electron chi connectivity index (χ2n) is 12.5. The van der Waals surface area contributed by atoms with Crippen LogP contribution in [0.5, 0.6) is 0 Å². The molecule has 3 aliphatic heterocycles. The Balaban J connectivity index is 1.43. The number of hydrogen-bond acceptors (Lipinski definition) is 5. The fourth-order valence-corrected chi connectivity index (χ4v) is 8.08. The van der Waals surface area contributed by atoms with Crippen molar-refractivity contribution in [2.24, 2.45) is 11.8 Å². The number of benzene rings is 3. The van der Waals surface area contributed by atoms with E-state index in [-0.39, 0.29) is 30.9 Å². The van der Waals surface area contributed by atoms with Gasteiger partial charge in [-0.05, 0) is 42.5 Å². The van der Waals surface area contributed by atoms with Crippen LogP contribution in [-0.4, -0.2) is 76.1 Å². The van der Waals surface area contributed by atoms with Crippen molar-refractivity contribution in [1.29, 1.82) is 0 Å². The second-order valence-corrected chi connectivity index (χ2v) is 12.9. The molecule has 8 nitrogen and oxygen atoms in total. The SMILES string of the molecule is C=CCN(Cc1ccccc1)C(=O)[C@@H]1[C@@H]2CCC3(O2)C(C(=O)N(CC=C)c2ccccc2Cl)N([C@@H](CO)Cc2ccccc2)C(=O)[C@H]13. The molecule has 3 aromatic carbocycles. The Morgan fingerprint density at radius 3 is 2.23 bits per heavy atom. The van der Waals surface area contributed by atoms with Gasteiger partial charge in [-0.25, -0.2) is 0 Å². The number of fused-ring (bicyclic) bond motifs is 1. The van der Waals surface area contributed by atoms with Gasteiger partial charge in [0.15, 0.2) is 0 Å². The maximum absolute atomic E-state index is 15.0. The molecule has 6 atom stereocenters. The van der Waals surface area contributed by atoms with Crippen LogP contribution in [0.1, 0.15) is 24.0 Å². The lowest BCUT2D eigenvalue weighted by Crippen LogP contribution is -2.59. The van der Waals surface area contributed by atoms with Gasteiger partial charge in [0.2, 0.25) is 11.8 Å². The van der Waals surface area contributed by atoms with Crippen LogP contribution in [0.15, 0.2) is 110 Å². The third-order valence-corrected chi connectivity index (χ3v) is 10.1. The summed E-state index contributed by atoms with van der Waals surface area (Å²) in [5.74, 6) is -2.63. The zero-order valence-corrected chi connectivity index (χ0v) is 27.0. The Morgan fingerprint density at radius 2 is 1.60 bits per heavy atom. The van der Waals surface area contributed by atoms with Crippen LogP contribution in [-0.2, 0) is 32.1 Å². The number of para-hydroxylation sites is 1. The van der Waals surface area contributed by atoms with Gasteiger partial charge in [0.1, 0.15) is 11.6 Å². The highest BCUT2D eigenvalue weighted by Crippen LogP contribution is 2.59. The van der Waals surface area contributed by atoms with Crippen molar-refractivity contribution in [1.82, 2.24) is 9.80 Å². The predicted octanol–water partition coefficient (Wildman–Crippen LogP) is 5.05. The average Bonchev–Trinajstić information content (AvgIpc) is 3.74. The monoisotopic (exact) mass is 653 g/mol. The molecule has 2 bridgehead atoms. The molecule has 0 radical (unpaired) electrons. The summed E-state index contributed by atoms with van der Waals surface area (Å²) in [5, 5.41) is 11.2. The molecular weight excluding hydrogens is 614 g/mol. The van der Waals surface area contributed by atoms with Gasteiger partial charge in [-0.15, -0.1) is 13.2 Å². The first-order valence-electron chi connectivity index (χ1n) is 16.1. The highest BCUT2D eigenvalue weighted by atomic mass is 35.5. The van der Waals surface area contributed by atoms with E-state index in [2.05, 4.69) is 13.2 Å². The van der Waals surface area contributed by atoms with Gasteiger partial charge in [0.05, 0.1) is 41.3 Å². The number of halogens is 1. The van der Waals surface area contributed by atoms with Gasteiger partial charge in [0, 0.05) is 19.6 Å². The zero-order chi connectivity index (χ0) is 33.1. The van der Waals surface area contributed by atoms with Gasteiger partial charge in [-0.1, -0.05) is 96.5 Å². The van der Waals surface area contributed by atoms with Gasteiger partial charge < -0.3 is 24.5 Å². The molecule has 47 heavy (non-hydrogen) atoms. The quantitative estimate of drug-likeness (QED) is 0.261. The van der Waals surface area contributed by atoms with Crippen molar-refractivity contribution in [2.75, 3.05) is 24.6 Å². The van der Waals surface area contributed by atoms with Crippen molar-refractivity contribution in [3.05, 3.63) is 126 Å². The number of amides is 3. The summed E-state index contributed by atoms with van der Waals surface area (Å²) in [4.78, 5) is 49.0.